The van der Waals surface area contributed by atoms with Gasteiger partial charge in [0.15, 0.2) is 0 Å². The monoisotopic (exact) mass is 484 g/mol. The van der Waals surface area contributed by atoms with Gasteiger partial charge in [0.05, 0.1) is 16.6 Å². The number of para-hydroxylation sites is 1. The minimum absolute atomic E-state index is 0.0352. The van der Waals surface area contributed by atoms with Crippen molar-refractivity contribution in [3.05, 3.63) is 74.9 Å². The molecular formula is C23H22F2N6O4. The lowest BCUT2D eigenvalue weighted by atomic mass is 10.2. The van der Waals surface area contributed by atoms with Crippen LogP contribution in [0, 0.1) is 11.6 Å². The molecule has 4 aromatic rings. The Morgan fingerprint density at radius 3 is 2.54 bits per heavy atom. The number of nitrogens with zero attached hydrogens (tertiary/aromatic N) is 4. The average Bonchev–Trinajstić information content (AvgIpc) is 3.11. The molecule has 0 unspecified atom stereocenters. The number of amides is 2. The van der Waals surface area contributed by atoms with E-state index in [1.807, 2.05) is 0 Å². The zero-order valence-electron chi connectivity index (χ0n) is 18.9. The summed E-state index contributed by atoms with van der Waals surface area (Å²) in [7, 11) is 0. The number of nitrogens with one attached hydrogen (secondary N) is 2. The molecule has 35 heavy (non-hydrogen) atoms. The Morgan fingerprint density at radius 2 is 1.80 bits per heavy atom. The fourth-order valence-electron chi connectivity index (χ4n) is 3.70. The van der Waals surface area contributed by atoms with Crippen molar-refractivity contribution >= 4 is 34.2 Å². The normalized spacial score (nSPS) is 11.3. The third-order valence-electron chi connectivity index (χ3n) is 5.19. The smallest absolute Gasteiger partial charge is 0.352 e. The highest BCUT2D eigenvalue weighted by molar-refractivity contribution is 5.90. The van der Waals surface area contributed by atoms with Gasteiger partial charge in [-0.2, -0.15) is 0 Å². The molecule has 0 aliphatic carbocycles. The molecule has 0 fully saturated rings. The second kappa shape index (κ2) is 9.49. The molecule has 0 atom stereocenters. The van der Waals surface area contributed by atoms with Crippen molar-refractivity contribution in [3.63, 3.8) is 0 Å². The summed E-state index contributed by atoms with van der Waals surface area (Å²) >= 11 is 0. The molecule has 2 heterocycles. The van der Waals surface area contributed by atoms with Crippen LogP contribution >= 0.6 is 0 Å². The maximum atomic E-state index is 13.9. The molecule has 2 aromatic heterocycles. The van der Waals surface area contributed by atoms with Crippen LogP contribution in [0.15, 0.2) is 52.1 Å². The number of aryl methyl sites for hydroxylation is 1. The number of carbonyl (C=O) groups is 2. The molecule has 0 aliphatic heterocycles. The zero-order chi connectivity index (χ0) is 25.3. The van der Waals surface area contributed by atoms with Crippen molar-refractivity contribution in [2.24, 2.45) is 0 Å². The summed E-state index contributed by atoms with van der Waals surface area (Å²) in [5.74, 6) is -2.75. The maximum Gasteiger partial charge on any atom is 0.352 e. The largest absolute Gasteiger partial charge is 0.354 e. The third kappa shape index (κ3) is 4.81. The van der Waals surface area contributed by atoms with Crippen molar-refractivity contribution in [1.29, 1.82) is 0 Å². The standard InChI is InChI=1S/C23H22F2N6O4/c1-13(2)26-19(32)9-10-29-21(34)15-5-3-4-6-18(15)31-22(29)28-30(23(31)35)12-20(33)27-17-11-14(24)7-8-16(17)25/h3-8,11,13H,9-10,12H2,1-2H3,(H,26,32)(H,27,33). The molecule has 12 heteroatoms. The third-order valence-corrected chi connectivity index (χ3v) is 5.19. The Bertz CT molecular complexity index is 1570. The number of rotatable bonds is 7. The van der Waals surface area contributed by atoms with Crippen LogP contribution in [0.3, 0.4) is 0 Å². The Balaban J connectivity index is 1.74. The van der Waals surface area contributed by atoms with Crippen LogP contribution in [-0.2, 0) is 22.7 Å². The van der Waals surface area contributed by atoms with E-state index in [-0.39, 0.29) is 47.3 Å². The van der Waals surface area contributed by atoms with Gasteiger partial charge in [0.1, 0.15) is 18.2 Å². The van der Waals surface area contributed by atoms with Crippen molar-refractivity contribution in [3.8, 4) is 0 Å². The first kappa shape index (κ1) is 23.8. The summed E-state index contributed by atoms with van der Waals surface area (Å²) in [6.07, 6.45) is -0.0352. The molecule has 2 N–H and O–H groups in total. The average molecular weight is 484 g/mol. The number of benzene rings is 2. The molecule has 2 aromatic carbocycles. The number of hydrogen-bond acceptors (Lipinski definition) is 5. The highest BCUT2D eigenvalue weighted by atomic mass is 19.1. The summed E-state index contributed by atoms with van der Waals surface area (Å²) in [6, 6.07) is 8.89. The van der Waals surface area contributed by atoms with Gasteiger partial charge in [0, 0.05) is 25.1 Å². The number of halogens is 2. The van der Waals surface area contributed by atoms with E-state index in [2.05, 4.69) is 15.7 Å². The predicted molar refractivity (Wildman–Crippen MR) is 124 cm³/mol. The van der Waals surface area contributed by atoms with E-state index in [1.54, 1.807) is 38.1 Å². The molecule has 4 rings (SSSR count). The molecule has 0 radical (unpaired) electrons. The number of aromatic nitrogens is 4. The van der Waals surface area contributed by atoms with Crippen LogP contribution in [-0.4, -0.2) is 36.6 Å². The van der Waals surface area contributed by atoms with Crippen LogP contribution in [0.25, 0.3) is 16.7 Å². The quantitative estimate of drug-likeness (QED) is 0.413. The van der Waals surface area contributed by atoms with Gasteiger partial charge < -0.3 is 10.6 Å². The zero-order valence-corrected chi connectivity index (χ0v) is 18.9. The minimum atomic E-state index is -0.846. The Labute approximate surface area is 196 Å². The minimum Gasteiger partial charge on any atom is -0.354 e. The number of hydrogen-bond donors (Lipinski definition) is 2. The summed E-state index contributed by atoms with van der Waals surface area (Å²) in [6.45, 7) is 2.94. The van der Waals surface area contributed by atoms with Crippen LogP contribution in [0.1, 0.15) is 20.3 Å². The van der Waals surface area contributed by atoms with E-state index in [9.17, 15) is 28.0 Å². The fraction of sp³-hybridized carbons (Fsp3) is 0.261. The number of carbonyl (C=O) groups excluding carboxylic acids is 2. The molecule has 0 spiro atoms. The SMILES string of the molecule is CC(C)NC(=O)CCn1c(=O)c2ccccc2n2c(=O)n(CC(=O)Nc3cc(F)ccc3F)nc12. The maximum absolute atomic E-state index is 13.9. The van der Waals surface area contributed by atoms with Gasteiger partial charge in [-0.05, 0) is 38.1 Å². The lowest BCUT2D eigenvalue weighted by molar-refractivity contribution is -0.121. The molecule has 0 aliphatic rings. The summed E-state index contributed by atoms with van der Waals surface area (Å²) in [5, 5.41) is 9.33. The number of anilines is 1. The van der Waals surface area contributed by atoms with E-state index in [0.717, 1.165) is 22.9 Å². The second-order valence-electron chi connectivity index (χ2n) is 8.19. The summed E-state index contributed by atoms with van der Waals surface area (Å²) in [4.78, 5) is 50.9. The number of fused-ring (bicyclic) bond motifs is 3. The molecule has 10 nitrogen and oxygen atoms in total. The summed E-state index contributed by atoms with van der Waals surface area (Å²) < 4.78 is 30.5. The topological polar surface area (TPSA) is 120 Å². The van der Waals surface area contributed by atoms with Gasteiger partial charge in [-0.25, -0.2) is 22.7 Å². The van der Waals surface area contributed by atoms with E-state index in [4.69, 9.17) is 0 Å². The first-order valence-corrected chi connectivity index (χ1v) is 10.8. The molecular weight excluding hydrogens is 462 g/mol. The first-order chi connectivity index (χ1) is 16.7. The van der Waals surface area contributed by atoms with Crippen molar-refractivity contribution in [1.82, 2.24) is 24.1 Å². The Morgan fingerprint density at radius 1 is 1.06 bits per heavy atom. The van der Waals surface area contributed by atoms with Gasteiger partial charge in [-0.3, -0.25) is 19.0 Å². The van der Waals surface area contributed by atoms with Gasteiger partial charge in [0.2, 0.25) is 17.6 Å². The fourth-order valence-corrected chi connectivity index (χ4v) is 3.70. The molecule has 0 saturated carbocycles. The lowest BCUT2D eigenvalue weighted by Gasteiger charge is -2.11. The van der Waals surface area contributed by atoms with Crippen molar-refractivity contribution in [2.45, 2.75) is 39.4 Å². The van der Waals surface area contributed by atoms with E-state index < -0.39 is 35.3 Å². The highest BCUT2D eigenvalue weighted by Gasteiger charge is 2.20. The Kier molecular flexibility index (Phi) is 6.45. The van der Waals surface area contributed by atoms with Crippen molar-refractivity contribution in [2.75, 3.05) is 5.32 Å². The predicted octanol–water partition coefficient (Wildman–Crippen LogP) is 1.64. The molecule has 182 valence electrons. The Hall–Kier alpha value is -4.35. The van der Waals surface area contributed by atoms with Crippen LogP contribution in [0.4, 0.5) is 14.5 Å². The molecule has 2 amide bonds. The first-order valence-electron chi connectivity index (χ1n) is 10.8. The van der Waals surface area contributed by atoms with Crippen LogP contribution in [0.5, 0.6) is 0 Å². The summed E-state index contributed by atoms with van der Waals surface area (Å²) in [5.41, 5.74) is -1.27. The van der Waals surface area contributed by atoms with Gasteiger partial charge in [0.25, 0.3) is 5.56 Å². The van der Waals surface area contributed by atoms with Gasteiger partial charge in [-0.1, -0.05) is 12.1 Å². The van der Waals surface area contributed by atoms with E-state index in [0.29, 0.717) is 0 Å². The van der Waals surface area contributed by atoms with Crippen LogP contribution < -0.4 is 21.9 Å². The highest BCUT2D eigenvalue weighted by Crippen LogP contribution is 2.15. The van der Waals surface area contributed by atoms with E-state index in [1.165, 1.54) is 8.97 Å². The molecule has 0 bridgehead atoms. The van der Waals surface area contributed by atoms with Crippen molar-refractivity contribution < 1.29 is 18.4 Å². The second-order valence-corrected chi connectivity index (χ2v) is 8.19. The molecule has 0 saturated heterocycles. The van der Waals surface area contributed by atoms with Gasteiger partial charge >= 0.3 is 5.69 Å². The van der Waals surface area contributed by atoms with Crippen LogP contribution in [0.2, 0.25) is 0 Å². The lowest BCUT2D eigenvalue weighted by Crippen LogP contribution is -2.33. The van der Waals surface area contributed by atoms with Gasteiger partial charge in [-0.15, -0.1) is 5.10 Å². The van der Waals surface area contributed by atoms with E-state index >= 15 is 0 Å².